The molecule has 1 atom stereocenters. The van der Waals surface area contributed by atoms with Crippen LogP contribution >= 0.6 is 23.2 Å². The van der Waals surface area contributed by atoms with Gasteiger partial charge >= 0.3 is 5.97 Å². The molecule has 110 valence electrons. The van der Waals surface area contributed by atoms with Gasteiger partial charge in [-0.2, -0.15) is 0 Å². The van der Waals surface area contributed by atoms with E-state index in [-0.39, 0.29) is 11.6 Å². The van der Waals surface area contributed by atoms with E-state index >= 15 is 0 Å². The molecule has 1 unspecified atom stereocenters. The molecule has 0 aliphatic rings. The van der Waals surface area contributed by atoms with Gasteiger partial charge in [0, 0.05) is 5.02 Å². The Morgan fingerprint density at radius 1 is 1.40 bits per heavy atom. The molecule has 0 aliphatic heterocycles. The lowest BCUT2D eigenvalue weighted by Crippen LogP contribution is -2.49. The monoisotopic (exact) mass is 320 g/mol. The van der Waals surface area contributed by atoms with Crippen molar-refractivity contribution in [2.75, 3.05) is 6.61 Å². The Morgan fingerprint density at radius 2 is 2.10 bits per heavy atom. The number of halogens is 2. The smallest absolute Gasteiger partial charge is 0.322 e. The first kappa shape index (κ1) is 16.6. The third-order valence-electron chi connectivity index (χ3n) is 2.34. The molecule has 0 aromatic heterocycles. The zero-order valence-electron chi connectivity index (χ0n) is 10.7. The first-order valence-electron chi connectivity index (χ1n) is 5.79. The van der Waals surface area contributed by atoms with Gasteiger partial charge in [0.25, 0.3) is 5.91 Å². The molecule has 0 aliphatic carbocycles. The molecule has 0 radical (unpaired) electrons. The Kier molecular flexibility index (Phi) is 6.57. The highest BCUT2D eigenvalue weighted by molar-refractivity contribution is 6.35. The largest absolute Gasteiger partial charge is 0.482 e. The van der Waals surface area contributed by atoms with Crippen LogP contribution in [0.3, 0.4) is 0 Å². The van der Waals surface area contributed by atoms with Crippen LogP contribution in [-0.2, 0) is 9.59 Å². The second-order valence-electron chi connectivity index (χ2n) is 3.86. The van der Waals surface area contributed by atoms with E-state index in [1.807, 2.05) is 0 Å². The Hall–Kier alpha value is -1.50. The Bertz CT molecular complexity index is 496. The highest BCUT2D eigenvalue weighted by Crippen LogP contribution is 2.27. The van der Waals surface area contributed by atoms with Gasteiger partial charge < -0.3 is 9.84 Å². The molecule has 8 heteroatoms. The minimum atomic E-state index is -1.05. The van der Waals surface area contributed by atoms with E-state index in [2.05, 4.69) is 10.9 Å². The number of carbonyl (C=O) groups excluding carboxylic acids is 1. The van der Waals surface area contributed by atoms with Crippen LogP contribution in [0.5, 0.6) is 5.75 Å². The van der Waals surface area contributed by atoms with Crippen LogP contribution in [0.25, 0.3) is 0 Å². The molecule has 1 amide bonds. The number of carboxylic acids is 1. The lowest BCUT2D eigenvalue weighted by atomic mass is 10.2. The molecule has 1 aromatic carbocycles. The predicted molar refractivity (Wildman–Crippen MR) is 75.0 cm³/mol. The second kappa shape index (κ2) is 7.94. The molecule has 1 aromatic rings. The van der Waals surface area contributed by atoms with E-state index in [9.17, 15) is 9.59 Å². The summed E-state index contributed by atoms with van der Waals surface area (Å²) in [6.07, 6.45) is 0.333. The minimum absolute atomic E-state index is 0.287. The number of aliphatic carboxylic acids is 1. The minimum Gasteiger partial charge on any atom is -0.482 e. The molecule has 0 fully saturated rings. The second-order valence-corrected chi connectivity index (χ2v) is 4.70. The first-order valence-corrected chi connectivity index (χ1v) is 6.54. The number of hydrogen-bond acceptors (Lipinski definition) is 4. The highest BCUT2D eigenvalue weighted by atomic mass is 35.5. The van der Waals surface area contributed by atoms with Crippen LogP contribution in [0.4, 0.5) is 0 Å². The average molecular weight is 321 g/mol. The van der Waals surface area contributed by atoms with Crippen LogP contribution in [0.1, 0.15) is 13.3 Å². The fourth-order valence-electron chi connectivity index (χ4n) is 1.28. The lowest BCUT2D eigenvalue weighted by molar-refractivity contribution is -0.140. The highest BCUT2D eigenvalue weighted by Gasteiger charge is 2.15. The molecule has 0 spiro atoms. The zero-order chi connectivity index (χ0) is 15.1. The summed E-state index contributed by atoms with van der Waals surface area (Å²) in [6.45, 7) is 1.38. The van der Waals surface area contributed by atoms with Crippen molar-refractivity contribution in [3.05, 3.63) is 28.2 Å². The molecule has 3 N–H and O–H groups in total. The van der Waals surface area contributed by atoms with Gasteiger partial charge in [-0.15, -0.1) is 0 Å². The van der Waals surface area contributed by atoms with Gasteiger partial charge in [0.1, 0.15) is 11.8 Å². The normalized spacial score (nSPS) is 11.8. The van der Waals surface area contributed by atoms with Crippen molar-refractivity contribution in [3.8, 4) is 5.75 Å². The van der Waals surface area contributed by atoms with Crippen LogP contribution in [0.2, 0.25) is 10.0 Å². The van der Waals surface area contributed by atoms with E-state index in [0.717, 1.165) is 0 Å². The zero-order valence-corrected chi connectivity index (χ0v) is 12.2. The number of nitrogens with one attached hydrogen (secondary N) is 2. The van der Waals surface area contributed by atoms with Crippen LogP contribution < -0.4 is 15.6 Å². The van der Waals surface area contributed by atoms with Crippen molar-refractivity contribution in [2.24, 2.45) is 0 Å². The van der Waals surface area contributed by atoms with Gasteiger partial charge in [-0.25, -0.2) is 5.43 Å². The molecule has 0 saturated heterocycles. The summed E-state index contributed by atoms with van der Waals surface area (Å²) in [7, 11) is 0. The van der Waals surface area contributed by atoms with Gasteiger partial charge in [-0.05, 0) is 24.6 Å². The quantitative estimate of drug-likeness (QED) is 0.667. The summed E-state index contributed by atoms with van der Waals surface area (Å²) >= 11 is 11.6. The molecule has 0 bridgehead atoms. The van der Waals surface area contributed by atoms with Gasteiger partial charge in [-0.1, -0.05) is 30.1 Å². The van der Waals surface area contributed by atoms with Gasteiger partial charge in [0.05, 0.1) is 5.02 Å². The number of hydrogen-bond donors (Lipinski definition) is 3. The van der Waals surface area contributed by atoms with Crippen LogP contribution in [-0.4, -0.2) is 29.6 Å². The van der Waals surface area contributed by atoms with Crippen molar-refractivity contribution in [1.29, 1.82) is 0 Å². The topological polar surface area (TPSA) is 87.7 Å². The van der Waals surface area contributed by atoms with Crippen molar-refractivity contribution in [1.82, 2.24) is 10.9 Å². The molecular formula is C12H14Cl2N2O4. The van der Waals surface area contributed by atoms with E-state index in [4.69, 9.17) is 33.0 Å². The van der Waals surface area contributed by atoms with Crippen molar-refractivity contribution in [2.45, 2.75) is 19.4 Å². The molecule has 20 heavy (non-hydrogen) atoms. The molecule has 1 rings (SSSR count). The SMILES string of the molecule is CCC(NNC(=O)COc1ccc(Cl)cc1Cl)C(=O)O. The Balaban J connectivity index is 2.41. The number of amides is 1. The van der Waals surface area contributed by atoms with Crippen LogP contribution in [0, 0.1) is 0 Å². The Labute approximate surface area is 126 Å². The third-order valence-corrected chi connectivity index (χ3v) is 2.88. The number of hydrazine groups is 1. The van der Waals surface area contributed by atoms with Crippen molar-refractivity contribution in [3.63, 3.8) is 0 Å². The van der Waals surface area contributed by atoms with E-state index in [1.54, 1.807) is 13.0 Å². The predicted octanol–water partition coefficient (Wildman–Crippen LogP) is 1.86. The summed E-state index contributed by atoms with van der Waals surface area (Å²) in [5, 5.41) is 9.53. The fourth-order valence-corrected chi connectivity index (χ4v) is 1.74. The standard InChI is InChI=1S/C12H14Cl2N2O4/c1-2-9(12(18)19)15-16-11(17)6-20-10-4-3-7(13)5-8(10)14/h3-5,9,15H,2,6H2,1H3,(H,16,17)(H,18,19). The number of benzene rings is 1. The summed E-state index contributed by atoms with van der Waals surface area (Å²) in [5.41, 5.74) is 4.65. The Morgan fingerprint density at radius 3 is 2.65 bits per heavy atom. The van der Waals surface area contributed by atoms with Crippen molar-refractivity contribution < 1.29 is 19.4 Å². The molecule has 0 saturated carbocycles. The maximum absolute atomic E-state index is 11.5. The van der Waals surface area contributed by atoms with E-state index in [0.29, 0.717) is 17.2 Å². The van der Waals surface area contributed by atoms with Gasteiger partial charge in [0.2, 0.25) is 0 Å². The number of carbonyl (C=O) groups is 2. The van der Waals surface area contributed by atoms with Gasteiger partial charge in [0.15, 0.2) is 6.61 Å². The summed E-state index contributed by atoms with van der Waals surface area (Å²) in [5.74, 6) is -1.25. The average Bonchev–Trinajstić information content (AvgIpc) is 2.38. The molecule has 0 heterocycles. The maximum atomic E-state index is 11.5. The number of rotatable bonds is 7. The van der Waals surface area contributed by atoms with Gasteiger partial charge in [-0.3, -0.25) is 15.0 Å². The van der Waals surface area contributed by atoms with E-state index in [1.165, 1.54) is 12.1 Å². The molecular weight excluding hydrogens is 307 g/mol. The number of carboxylic acid groups (broad SMARTS) is 1. The third kappa shape index (κ3) is 5.24. The maximum Gasteiger partial charge on any atom is 0.322 e. The lowest BCUT2D eigenvalue weighted by Gasteiger charge is -2.13. The summed E-state index contributed by atoms with van der Waals surface area (Å²) in [6, 6.07) is 3.76. The van der Waals surface area contributed by atoms with Crippen molar-refractivity contribution >= 4 is 35.1 Å². The van der Waals surface area contributed by atoms with E-state index < -0.39 is 17.9 Å². The molecule has 6 nitrogen and oxygen atoms in total. The number of ether oxygens (including phenoxy) is 1. The van der Waals surface area contributed by atoms with Crippen LogP contribution in [0.15, 0.2) is 18.2 Å². The summed E-state index contributed by atoms with van der Waals surface area (Å²) in [4.78, 5) is 22.2. The summed E-state index contributed by atoms with van der Waals surface area (Å²) < 4.78 is 5.19. The fraction of sp³-hybridized carbons (Fsp3) is 0.333. The first-order chi connectivity index (χ1) is 9.43.